The predicted molar refractivity (Wildman–Crippen MR) is 110 cm³/mol. The van der Waals surface area contributed by atoms with Crippen molar-refractivity contribution < 1.29 is 9.18 Å². The third kappa shape index (κ3) is 3.84. The number of hydrogen-bond acceptors (Lipinski definition) is 5. The van der Waals surface area contributed by atoms with Crippen molar-refractivity contribution in [2.75, 3.05) is 5.32 Å². The molecule has 4 rings (SSSR count). The van der Waals surface area contributed by atoms with Crippen molar-refractivity contribution in [2.24, 2.45) is 5.92 Å². The van der Waals surface area contributed by atoms with Gasteiger partial charge in [0.05, 0.1) is 17.7 Å². The van der Waals surface area contributed by atoms with Gasteiger partial charge in [-0.25, -0.2) is 9.37 Å². The van der Waals surface area contributed by atoms with Crippen LogP contribution in [0, 0.1) is 23.1 Å². The minimum Gasteiger partial charge on any atom is -0.316 e. The van der Waals surface area contributed by atoms with Crippen LogP contribution in [0.1, 0.15) is 35.0 Å². The lowest BCUT2D eigenvalue weighted by molar-refractivity contribution is -0.115. The number of nitrogens with zero attached hydrogens (tertiary/aromatic N) is 2. The normalized spacial score (nSPS) is 15.7. The van der Waals surface area contributed by atoms with E-state index in [1.165, 1.54) is 39.7 Å². The summed E-state index contributed by atoms with van der Waals surface area (Å²) in [6, 6.07) is 8.41. The zero-order valence-corrected chi connectivity index (χ0v) is 16.9. The number of anilines is 1. The molecule has 0 radical (unpaired) electrons. The van der Waals surface area contributed by atoms with Gasteiger partial charge in [-0.1, -0.05) is 6.92 Å². The number of nitrogens with one attached hydrogen (secondary N) is 1. The number of nitriles is 1. The first kappa shape index (κ1) is 18.8. The topological polar surface area (TPSA) is 65.8 Å². The number of fused-ring (bicyclic) bond motifs is 1. The first-order valence-corrected chi connectivity index (χ1v) is 10.8. The van der Waals surface area contributed by atoms with E-state index >= 15 is 0 Å². The molecule has 3 aromatic rings. The quantitative estimate of drug-likeness (QED) is 0.643. The minimum absolute atomic E-state index is 0.140. The summed E-state index contributed by atoms with van der Waals surface area (Å²) in [6.07, 6.45) is 3.09. The van der Waals surface area contributed by atoms with Crippen LogP contribution in [0.15, 0.2) is 29.6 Å². The molecule has 0 saturated heterocycles. The van der Waals surface area contributed by atoms with E-state index in [2.05, 4.69) is 23.3 Å². The lowest BCUT2D eigenvalue weighted by atomic mass is 9.89. The van der Waals surface area contributed by atoms with E-state index < -0.39 is 0 Å². The number of rotatable bonds is 4. The molecule has 1 amide bonds. The smallest absolute Gasteiger partial charge is 0.231 e. The first-order valence-electron chi connectivity index (χ1n) is 9.08. The second-order valence-corrected chi connectivity index (χ2v) is 9.01. The molecular weight excluding hydrogens is 393 g/mol. The number of carbonyl (C=O) groups excluding carboxylic acids is 1. The van der Waals surface area contributed by atoms with Crippen LogP contribution in [0.4, 0.5) is 9.39 Å². The maximum absolute atomic E-state index is 13.1. The molecule has 7 heteroatoms. The number of halogens is 1. The third-order valence-corrected chi connectivity index (χ3v) is 6.97. The molecule has 1 atom stereocenters. The Morgan fingerprint density at radius 2 is 2.18 bits per heavy atom. The number of aromatic nitrogens is 1. The van der Waals surface area contributed by atoms with Gasteiger partial charge in [0, 0.05) is 15.8 Å². The average molecular weight is 412 g/mol. The summed E-state index contributed by atoms with van der Waals surface area (Å²) in [4.78, 5) is 18.2. The summed E-state index contributed by atoms with van der Waals surface area (Å²) in [7, 11) is 0. The van der Waals surface area contributed by atoms with Gasteiger partial charge in [0.15, 0.2) is 0 Å². The second kappa shape index (κ2) is 7.82. The van der Waals surface area contributed by atoms with Crippen LogP contribution in [0.25, 0.3) is 10.6 Å². The average Bonchev–Trinajstić information content (AvgIpc) is 3.25. The van der Waals surface area contributed by atoms with Gasteiger partial charge >= 0.3 is 0 Å². The molecule has 0 unspecified atom stereocenters. The maximum Gasteiger partial charge on any atom is 0.231 e. The Hall–Kier alpha value is -2.56. The molecular formula is C21H18FN3OS2. The van der Waals surface area contributed by atoms with Crippen molar-refractivity contribution in [3.05, 3.63) is 57.2 Å². The maximum atomic E-state index is 13.1. The fourth-order valence-electron chi connectivity index (χ4n) is 3.41. The van der Waals surface area contributed by atoms with E-state index in [0.717, 1.165) is 35.4 Å². The van der Waals surface area contributed by atoms with Gasteiger partial charge in [-0.05, 0) is 55.0 Å². The molecule has 0 saturated carbocycles. The van der Waals surface area contributed by atoms with Crippen LogP contribution >= 0.6 is 22.7 Å². The number of amides is 1. The van der Waals surface area contributed by atoms with Crippen molar-refractivity contribution in [3.8, 4) is 16.6 Å². The van der Waals surface area contributed by atoms with Crippen molar-refractivity contribution in [2.45, 2.75) is 32.6 Å². The van der Waals surface area contributed by atoms with Gasteiger partial charge in [-0.2, -0.15) is 5.26 Å². The summed E-state index contributed by atoms with van der Waals surface area (Å²) in [5, 5.41) is 15.7. The largest absolute Gasteiger partial charge is 0.316 e. The van der Waals surface area contributed by atoms with Crippen molar-refractivity contribution >= 4 is 33.6 Å². The number of thiazole rings is 1. The zero-order chi connectivity index (χ0) is 19.7. The zero-order valence-electron chi connectivity index (χ0n) is 15.3. The van der Waals surface area contributed by atoms with Crippen LogP contribution in [-0.2, 0) is 24.1 Å². The third-order valence-electron chi connectivity index (χ3n) is 4.86. The summed E-state index contributed by atoms with van der Waals surface area (Å²) in [5.74, 6) is 0.140. The van der Waals surface area contributed by atoms with E-state index in [9.17, 15) is 14.4 Å². The molecule has 2 aromatic heterocycles. The number of thiophene rings is 1. The molecule has 1 aliphatic rings. The number of carbonyl (C=O) groups is 1. The van der Waals surface area contributed by atoms with Crippen molar-refractivity contribution in [1.82, 2.24) is 4.98 Å². The fraction of sp³-hybridized carbons (Fsp3) is 0.286. The summed E-state index contributed by atoms with van der Waals surface area (Å²) in [6.45, 7) is 2.22. The SMILES string of the molecule is C[C@H]1CCc2c(sc(NC(=O)Cc3csc(-c4ccc(F)cc4)n3)c2C#N)C1. The first-order chi connectivity index (χ1) is 13.5. The Balaban J connectivity index is 1.47. The lowest BCUT2D eigenvalue weighted by Gasteiger charge is -2.17. The fourth-order valence-corrected chi connectivity index (χ4v) is 5.61. The van der Waals surface area contributed by atoms with E-state index in [4.69, 9.17) is 0 Å². The standard InChI is InChI=1S/C21H18FN3OS2/c1-12-2-7-16-17(10-23)21(28-18(16)8-12)25-19(26)9-15-11-27-20(24-15)13-3-5-14(22)6-4-13/h3-6,11-12H,2,7-9H2,1H3,(H,25,26)/t12-/m0/s1. The van der Waals surface area contributed by atoms with Crippen LogP contribution in [0.3, 0.4) is 0 Å². The number of hydrogen-bond donors (Lipinski definition) is 1. The molecule has 1 aliphatic carbocycles. The summed E-state index contributed by atoms with van der Waals surface area (Å²) in [5.41, 5.74) is 3.21. The Labute approximate surface area is 170 Å². The summed E-state index contributed by atoms with van der Waals surface area (Å²) < 4.78 is 13.1. The molecule has 0 bridgehead atoms. The molecule has 0 spiro atoms. The Kier molecular flexibility index (Phi) is 5.25. The molecule has 1 aromatic carbocycles. The molecule has 28 heavy (non-hydrogen) atoms. The van der Waals surface area contributed by atoms with E-state index in [1.54, 1.807) is 12.1 Å². The Morgan fingerprint density at radius 3 is 2.93 bits per heavy atom. The lowest BCUT2D eigenvalue weighted by Crippen LogP contribution is -2.14. The molecule has 2 heterocycles. The second-order valence-electron chi connectivity index (χ2n) is 7.04. The molecule has 0 aliphatic heterocycles. The van der Waals surface area contributed by atoms with Crippen LogP contribution < -0.4 is 5.32 Å². The predicted octanol–water partition coefficient (Wildman–Crippen LogP) is 5.19. The monoisotopic (exact) mass is 411 g/mol. The minimum atomic E-state index is -0.291. The molecule has 142 valence electrons. The van der Waals surface area contributed by atoms with E-state index in [0.29, 0.717) is 22.2 Å². The highest BCUT2D eigenvalue weighted by atomic mass is 32.1. The molecule has 0 fully saturated rings. The van der Waals surface area contributed by atoms with Crippen LogP contribution in [0.5, 0.6) is 0 Å². The van der Waals surface area contributed by atoms with Gasteiger partial charge in [0.25, 0.3) is 0 Å². The molecule has 1 N–H and O–H groups in total. The van der Waals surface area contributed by atoms with Crippen molar-refractivity contribution in [1.29, 1.82) is 5.26 Å². The van der Waals surface area contributed by atoms with E-state index in [1.807, 2.05) is 5.38 Å². The summed E-state index contributed by atoms with van der Waals surface area (Å²) >= 11 is 2.95. The van der Waals surface area contributed by atoms with E-state index in [-0.39, 0.29) is 18.1 Å². The molecule has 4 nitrogen and oxygen atoms in total. The van der Waals surface area contributed by atoms with Crippen molar-refractivity contribution in [3.63, 3.8) is 0 Å². The Morgan fingerprint density at radius 1 is 1.39 bits per heavy atom. The van der Waals surface area contributed by atoms with Crippen LogP contribution in [0.2, 0.25) is 0 Å². The highest BCUT2D eigenvalue weighted by Crippen LogP contribution is 2.39. The van der Waals surface area contributed by atoms with Gasteiger partial charge in [0.2, 0.25) is 5.91 Å². The van der Waals surface area contributed by atoms with Crippen LogP contribution in [-0.4, -0.2) is 10.9 Å². The Bertz CT molecular complexity index is 1060. The van der Waals surface area contributed by atoms with Gasteiger partial charge in [-0.15, -0.1) is 22.7 Å². The highest BCUT2D eigenvalue weighted by molar-refractivity contribution is 7.16. The van der Waals surface area contributed by atoms with Gasteiger partial charge < -0.3 is 5.32 Å². The number of benzene rings is 1. The van der Waals surface area contributed by atoms with Gasteiger partial charge in [-0.3, -0.25) is 4.79 Å². The van der Waals surface area contributed by atoms with Gasteiger partial charge in [0.1, 0.15) is 21.9 Å². The highest BCUT2D eigenvalue weighted by Gasteiger charge is 2.24.